The third-order valence-electron chi connectivity index (χ3n) is 5.23. The van der Waals surface area contributed by atoms with Gasteiger partial charge in [0.25, 0.3) is 0 Å². The molecule has 5 nitrogen and oxygen atoms in total. The number of thioether (sulfide) groups is 1. The molecule has 0 saturated heterocycles. The van der Waals surface area contributed by atoms with Gasteiger partial charge in [-0.05, 0) is 57.1 Å². The van der Waals surface area contributed by atoms with E-state index in [0.29, 0.717) is 17.7 Å². The molecule has 0 unspecified atom stereocenters. The number of carboxylic acids is 1. The summed E-state index contributed by atoms with van der Waals surface area (Å²) in [6.07, 6.45) is 4.16. The smallest absolute Gasteiger partial charge is 0.317 e. The second-order valence-electron chi connectivity index (χ2n) is 7.71. The minimum Gasteiger partial charge on any atom is -0.480 e. The van der Waals surface area contributed by atoms with Gasteiger partial charge in [-0.3, -0.25) is 14.5 Å². The Morgan fingerprint density at radius 2 is 2.00 bits per heavy atom. The second-order valence-corrected chi connectivity index (χ2v) is 8.73. The molecular formula is C20H28N2O3S. The Balaban J connectivity index is 1.40. The van der Waals surface area contributed by atoms with Crippen molar-refractivity contribution < 1.29 is 14.7 Å². The summed E-state index contributed by atoms with van der Waals surface area (Å²) in [6, 6.07) is 6.77. The van der Waals surface area contributed by atoms with Crippen molar-refractivity contribution in [2.45, 2.75) is 56.5 Å². The minimum atomic E-state index is -0.761. The third kappa shape index (κ3) is 5.48. The lowest BCUT2D eigenvalue weighted by Crippen LogP contribution is -2.55. The maximum absolute atomic E-state index is 12.2. The topological polar surface area (TPSA) is 69.6 Å². The summed E-state index contributed by atoms with van der Waals surface area (Å²) in [5, 5.41) is 12.2. The predicted octanol–water partition coefficient (Wildman–Crippen LogP) is 2.84. The predicted molar refractivity (Wildman–Crippen MR) is 104 cm³/mol. The molecule has 0 spiro atoms. The van der Waals surface area contributed by atoms with Crippen molar-refractivity contribution in [3.63, 3.8) is 0 Å². The van der Waals surface area contributed by atoms with Gasteiger partial charge in [0, 0.05) is 23.5 Å². The van der Waals surface area contributed by atoms with Crippen molar-refractivity contribution in [2.75, 3.05) is 18.8 Å². The molecule has 3 rings (SSSR count). The van der Waals surface area contributed by atoms with Gasteiger partial charge in [-0.2, -0.15) is 0 Å². The maximum Gasteiger partial charge on any atom is 0.317 e. The first-order chi connectivity index (χ1) is 12.4. The van der Waals surface area contributed by atoms with E-state index >= 15 is 0 Å². The van der Waals surface area contributed by atoms with Crippen LogP contribution in [0.5, 0.6) is 0 Å². The zero-order valence-corrected chi connectivity index (χ0v) is 16.3. The van der Waals surface area contributed by atoms with Gasteiger partial charge >= 0.3 is 5.97 Å². The van der Waals surface area contributed by atoms with E-state index < -0.39 is 5.97 Å². The Bertz CT molecular complexity index is 669. The summed E-state index contributed by atoms with van der Waals surface area (Å²) < 4.78 is 0. The highest BCUT2D eigenvalue weighted by Crippen LogP contribution is 2.34. The van der Waals surface area contributed by atoms with Gasteiger partial charge in [0.1, 0.15) is 0 Å². The molecular weight excluding hydrogens is 348 g/mol. The lowest BCUT2D eigenvalue weighted by Gasteiger charge is -2.42. The van der Waals surface area contributed by atoms with Crippen LogP contribution in [0.1, 0.15) is 36.8 Å². The standard InChI is InChI=1S/C20H28N2O3S/c1-13-3-4-14(2)18(7-13)26-12-19(23)21-16-8-17(9-16)22(11-20(24)25)10-15-5-6-15/h3-4,7,15-17H,5-6,8-12H2,1-2H3,(H,21,23)(H,24,25). The summed E-state index contributed by atoms with van der Waals surface area (Å²) in [6.45, 7) is 5.13. The summed E-state index contributed by atoms with van der Waals surface area (Å²) in [5.74, 6) is 0.401. The number of aliphatic carboxylic acids is 1. The number of amides is 1. The molecule has 2 fully saturated rings. The van der Waals surface area contributed by atoms with Crippen LogP contribution in [-0.2, 0) is 9.59 Å². The van der Waals surface area contributed by atoms with Gasteiger partial charge in [0.2, 0.25) is 5.91 Å². The highest BCUT2D eigenvalue weighted by Gasteiger charge is 2.37. The van der Waals surface area contributed by atoms with Crippen LogP contribution in [0.15, 0.2) is 23.1 Å². The van der Waals surface area contributed by atoms with E-state index in [4.69, 9.17) is 5.11 Å². The first-order valence-electron chi connectivity index (χ1n) is 9.36. The minimum absolute atomic E-state index is 0.0614. The average Bonchev–Trinajstić information content (AvgIpc) is 3.34. The molecule has 0 radical (unpaired) electrons. The van der Waals surface area contributed by atoms with E-state index in [0.717, 1.165) is 24.3 Å². The van der Waals surface area contributed by atoms with Gasteiger partial charge in [0.05, 0.1) is 12.3 Å². The van der Waals surface area contributed by atoms with E-state index in [1.54, 1.807) is 11.8 Å². The van der Waals surface area contributed by atoms with Crippen LogP contribution < -0.4 is 5.32 Å². The van der Waals surface area contributed by atoms with Crippen molar-refractivity contribution >= 4 is 23.6 Å². The largest absolute Gasteiger partial charge is 0.480 e. The molecule has 1 aromatic carbocycles. The van der Waals surface area contributed by atoms with Crippen LogP contribution in [0.2, 0.25) is 0 Å². The van der Waals surface area contributed by atoms with Crippen LogP contribution in [0, 0.1) is 19.8 Å². The van der Waals surface area contributed by atoms with E-state index in [1.165, 1.54) is 24.0 Å². The molecule has 6 heteroatoms. The van der Waals surface area contributed by atoms with E-state index in [-0.39, 0.29) is 18.5 Å². The number of benzene rings is 1. The molecule has 0 bridgehead atoms. The Morgan fingerprint density at radius 3 is 2.65 bits per heavy atom. The third-order valence-corrected chi connectivity index (χ3v) is 6.38. The first kappa shape index (κ1) is 19.2. The van der Waals surface area contributed by atoms with Crippen molar-refractivity contribution in [2.24, 2.45) is 5.92 Å². The van der Waals surface area contributed by atoms with Crippen molar-refractivity contribution in [3.05, 3.63) is 29.3 Å². The van der Waals surface area contributed by atoms with Crippen LogP contribution >= 0.6 is 11.8 Å². The summed E-state index contributed by atoms with van der Waals surface area (Å²) >= 11 is 1.58. The monoisotopic (exact) mass is 376 g/mol. The fraction of sp³-hybridized carbons (Fsp3) is 0.600. The zero-order chi connectivity index (χ0) is 18.7. The normalized spacial score (nSPS) is 22.1. The Labute approximate surface area is 159 Å². The SMILES string of the molecule is Cc1ccc(C)c(SCC(=O)NC2CC(N(CC(=O)O)CC3CC3)C2)c1. The number of nitrogens with zero attached hydrogens (tertiary/aromatic N) is 1. The number of aryl methyl sites for hydroxylation is 2. The number of carbonyl (C=O) groups is 2. The molecule has 0 atom stereocenters. The first-order valence-corrected chi connectivity index (χ1v) is 10.3. The lowest BCUT2D eigenvalue weighted by molar-refractivity contribution is -0.140. The van der Waals surface area contributed by atoms with Gasteiger partial charge in [-0.15, -0.1) is 11.8 Å². The second kappa shape index (κ2) is 8.44. The highest BCUT2D eigenvalue weighted by molar-refractivity contribution is 8.00. The number of carbonyl (C=O) groups excluding carboxylic acids is 1. The molecule has 26 heavy (non-hydrogen) atoms. The molecule has 1 aromatic rings. The molecule has 0 heterocycles. The van der Waals surface area contributed by atoms with Crippen molar-refractivity contribution in [3.8, 4) is 0 Å². The molecule has 2 N–H and O–H groups in total. The average molecular weight is 377 g/mol. The summed E-state index contributed by atoms with van der Waals surface area (Å²) in [7, 11) is 0. The molecule has 2 aliphatic rings. The Hall–Kier alpha value is -1.53. The van der Waals surface area contributed by atoms with Crippen LogP contribution in [0.3, 0.4) is 0 Å². The van der Waals surface area contributed by atoms with Gasteiger partial charge < -0.3 is 10.4 Å². The molecule has 142 valence electrons. The highest BCUT2D eigenvalue weighted by atomic mass is 32.2. The molecule has 1 amide bonds. The van der Waals surface area contributed by atoms with Crippen molar-refractivity contribution in [1.82, 2.24) is 10.2 Å². The van der Waals surface area contributed by atoms with Gasteiger partial charge in [-0.1, -0.05) is 17.7 Å². The summed E-state index contributed by atoms with van der Waals surface area (Å²) in [5.41, 5.74) is 2.40. The molecule has 0 aliphatic heterocycles. The van der Waals surface area contributed by atoms with Gasteiger partial charge in [0.15, 0.2) is 0 Å². The number of carboxylic acid groups (broad SMARTS) is 1. The Morgan fingerprint density at radius 1 is 1.27 bits per heavy atom. The molecule has 2 aliphatic carbocycles. The summed E-state index contributed by atoms with van der Waals surface area (Å²) in [4.78, 5) is 26.5. The number of nitrogens with one attached hydrogen (secondary N) is 1. The zero-order valence-electron chi connectivity index (χ0n) is 15.5. The number of hydrogen-bond acceptors (Lipinski definition) is 4. The van der Waals surface area contributed by atoms with Crippen LogP contribution in [0.4, 0.5) is 0 Å². The van der Waals surface area contributed by atoms with E-state index in [9.17, 15) is 9.59 Å². The molecule has 0 aromatic heterocycles. The Kier molecular flexibility index (Phi) is 6.24. The van der Waals surface area contributed by atoms with Crippen LogP contribution in [-0.4, -0.2) is 52.8 Å². The quantitative estimate of drug-likeness (QED) is 0.649. The fourth-order valence-corrected chi connectivity index (χ4v) is 4.36. The lowest BCUT2D eigenvalue weighted by atomic mass is 9.85. The van der Waals surface area contributed by atoms with Gasteiger partial charge in [-0.25, -0.2) is 0 Å². The fourth-order valence-electron chi connectivity index (χ4n) is 3.43. The molecule has 2 saturated carbocycles. The van der Waals surface area contributed by atoms with Crippen molar-refractivity contribution in [1.29, 1.82) is 0 Å². The maximum atomic E-state index is 12.2. The number of rotatable bonds is 9. The van der Waals surface area contributed by atoms with E-state index in [2.05, 4.69) is 42.3 Å². The van der Waals surface area contributed by atoms with E-state index in [1.807, 2.05) is 0 Å². The van der Waals surface area contributed by atoms with Crippen LogP contribution in [0.25, 0.3) is 0 Å². The number of hydrogen-bond donors (Lipinski definition) is 2.